The van der Waals surface area contributed by atoms with Crippen LogP contribution in [0.4, 0.5) is 4.39 Å². The maximum absolute atomic E-state index is 13.5. The van der Waals surface area contributed by atoms with Crippen LogP contribution >= 0.6 is 11.8 Å². The largest absolute Gasteiger partial charge is 0.338 e. The molecule has 4 heteroatoms. The van der Waals surface area contributed by atoms with Gasteiger partial charge in [-0.15, -0.1) is 11.8 Å². The third-order valence-electron chi connectivity index (χ3n) is 2.49. The summed E-state index contributed by atoms with van der Waals surface area (Å²) in [7, 11) is 0. The second-order valence-electron chi connectivity index (χ2n) is 3.51. The number of hydrogen-bond acceptors (Lipinski definition) is 2. The lowest BCUT2D eigenvalue weighted by molar-refractivity contribution is -0.129. The number of rotatable bonds is 0. The van der Waals surface area contributed by atoms with Crippen molar-refractivity contribution in [1.82, 2.24) is 4.90 Å². The molecule has 2 rings (SSSR count). The standard InChI is InChI=1S/C11H12FNOS/c1-8(14)13-5-6-15-11-4-2-3-10(12)9(11)7-13/h2-4H,5-7H2,1H3. The van der Waals surface area contributed by atoms with Crippen LogP contribution in [0.15, 0.2) is 23.1 Å². The molecule has 0 bridgehead atoms. The Morgan fingerprint density at radius 1 is 1.53 bits per heavy atom. The van der Waals surface area contributed by atoms with Crippen LogP contribution in [0.1, 0.15) is 12.5 Å². The third kappa shape index (κ3) is 2.15. The van der Waals surface area contributed by atoms with Crippen molar-refractivity contribution in [2.45, 2.75) is 18.4 Å². The average Bonchev–Trinajstić information content (AvgIpc) is 2.40. The second kappa shape index (κ2) is 4.23. The Bertz CT molecular complexity index is 394. The predicted molar refractivity (Wildman–Crippen MR) is 58.2 cm³/mol. The molecular formula is C11H12FNOS. The van der Waals surface area contributed by atoms with E-state index in [1.807, 2.05) is 6.07 Å². The van der Waals surface area contributed by atoms with E-state index in [2.05, 4.69) is 0 Å². The highest BCUT2D eigenvalue weighted by Gasteiger charge is 2.18. The van der Waals surface area contributed by atoms with Crippen molar-refractivity contribution in [3.63, 3.8) is 0 Å². The summed E-state index contributed by atoms with van der Waals surface area (Å²) in [4.78, 5) is 13.9. The van der Waals surface area contributed by atoms with Gasteiger partial charge in [-0.25, -0.2) is 4.39 Å². The minimum absolute atomic E-state index is 0.00621. The molecule has 0 aromatic heterocycles. The number of benzene rings is 1. The molecule has 0 saturated heterocycles. The molecule has 0 spiro atoms. The van der Waals surface area contributed by atoms with Gasteiger partial charge in [-0.3, -0.25) is 4.79 Å². The lowest BCUT2D eigenvalue weighted by atomic mass is 10.2. The maximum atomic E-state index is 13.5. The van der Waals surface area contributed by atoms with Crippen LogP contribution in [0, 0.1) is 5.82 Å². The zero-order valence-corrected chi connectivity index (χ0v) is 9.31. The van der Waals surface area contributed by atoms with E-state index in [-0.39, 0.29) is 11.7 Å². The first-order valence-corrected chi connectivity index (χ1v) is 5.83. The molecule has 80 valence electrons. The van der Waals surface area contributed by atoms with Gasteiger partial charge in [0.15, 0.2) is 0 Å². The summed E-state index contributed by atoms with van der Waals surface area (Å²) >= 11 is 1.61. The number of halogens is 1. The molecule has 0 fully saturated rings. The number of amides is 1. The van der Waals surface area contributed by atoms with Gasteiger partial charge in [-0.1, -0.05) is 6.07 Å². The molecule has 1 aliphatic rings. The molecule has 0 unspecified atom stereocenters. The average molecular weight is 225 g/mol. The topological polar surface area (TPSA) is 20.3 Å². The Labute approximate surface area is 92.5 Å². The quantitative estimate of drug-likeness (QED) is 0.675. The molecule has 0 aliphatic carbocycles. The summed E-state index contributed by atoms with van der Waals surface area (Å²) in [5.41, 5.74) is 0.648. The van der Waals surface area contributed by atoms with Crippen LogP contribution in [0.5, 0.6) is 0 Å². The van der Waals surface area contributed by atoms with Gasteiger partial charge in [-0.05, 0) is 12.1 Å². The van der Waals surface area contributed by atoms with E-state index >= 15 is 0 Å². The molecule has 1 aromatic rings. The molecule has 0 radical (unpaired) electrons. The van der Waals surface area contributed by atoms with Crippen LogP contribution in [0.3, 0.4) is 0 Å². The number of nitrogens with zero attached hydrogens (tertiary/aromatic N) is 1. The van der Waals surface area contributed by atoms with Gasteiger partial charge >= 0.3 is 0 Å². The van der Waals surface area contributed by atoms with Crippen molar-refractivity contribution in [3.05, 3.63) is 29.6 Å². The first-order chi connectivity index (χ1) is 7.18. The SMILES string of the molecule is CC(=O)N1CCSc2cccc(F)c2C1. The normalized spacial score (nSPS) is 15.7. The van der Waals surface area contributed by atoms with Crippen molar-refractivity contribution in [1.29, 1.82) is 0 Å². The number of carbonyl (C=O) groups excluding carboxylic acids is 1. The van der Waals surface area contributed by atoms with Gasteiger partial charge < -0.3 is 4.90 Å². The number of thioether (sulfide) groups is 1. The Morgan fingerprint density at radius 3 is 3.07 bits per heavy atom. The fourth-order valence-electron chi connectivity index (χ4n) is 1.63. The zero-order chi connectivity index (χ0) is 10.8. The summed E-state index contributed by atoms with van der Waals surface area (Å²) in [5, 5.41) is 0. The van der Waals surface area contributed by atoms with Crippen LogP contribution in [-0.4, -0.2) is 23.1 Å². The lowest BCUT2D eigenvalue weighted by Crippen LogP contribution is -2.29. The van der Waals surface area contributed by atoms with Crippen LogP contribution in [0.25, 0.3) is 0 Å². The molecule has 2 nitrogen and oxygen atoms in total. The Balaban J connectivity index is 2.35. The van der Waals surface area contributed by atoms with Crippen molar-refractivity contribution < 1.29 is 9.18 Å². The molecule has 1 amide bonds. The van der Waals surface area contributed by atoms with Gasteiger partial charge in [0.1, 0.15) is 5.82 Å². The van der Waals surface area contributed by atoms with Crippen molar-refractivity contribution in [2.75, 3.05) is 12.3 Å². The Kier molecular flexibility index (Phi) is 2.95. The summed E-state index contributed by atoms with van der Waals surface area (Å²) in [5.74, 6) is 0.621. The summed E-state index contributed by atoms with van der Waals surface area (Å²) in [6.45, 7) is 2.61. The van der Waals surface area contributed by atoms with Gasteiger partial charge in [0.2, 0.25) is 5.91 Å². The zero-order valence-electron chi connectivity index (χ0n) is 8.50. The van der Waals surface area contributed by atoms with Gasteiger partial charge in [-0.2, -0.15) is 0 Å². The summed E-state index contributed by atoms with van der Waals surface area (Å²) in [6.07, 6.45) is 0. The molecule has 15 heavy (non-hydrogen) atoms. The predicted octanol–water partition coefficient (Wildman–Crippen LogP) is 2.28. The van der Waals surface area contributed by atoms with Crippen molar-refractivity contribution in [3.8, 4) is 0 Å². The van der Waals surface area contributed by atoms with E-state index in [0.717, 1.165) is 10.6 Å². The van der Waals surface area contributed by atoms with Gasteiger partial charge in [0, 0.05) is 36.2 Å². The molecule has 1 aromatic carbocycles. The monoisotopic (exact) mass is 225 g/mol. The van der Waals surface area contributed by atoms with E-state index in [1.165, 1.54) is 13.0 Å². The van der Waals surface area contributed by atoms with E-state index in [0.29, 0.717) is 18.7 Å². The van der Waals surface area contributed by atoms with Gasteiger partial charge in [0.05, 0.1) is 0 Å². The maximum Gasteiger partial charge on any atom is 0.219 e. The molecule has 0 atom stereocenters. The van der Waals surface area contributed by atoms with E-state index < -0.39 is 0 Å². The van der Waals surface area contributed by atoms with Crippen molar-refractivity contribution >= 4 is 17.7 Å². The fourth-order valence-corrected chi connectivity index (χ4v) is 2.67. The second-order valence-corrected chi connectivity index (χ2v) is 4.64. The molecule has 1 heterocycles. The smallest absolute Gasteiger partial charge is 0.219 e. The lowest BCUT2D eigenvalue weighted by Gasteiger charge is -2.18. The first kappa shape index (κ1) is 10.5. The Morgan fingerprint density at radius 2 is 2.33 bits per heavy atom. The molecular weight excluding hydrogens is 213 g/mol. The summed E-state index contributed by atoms with van der Waals surface area (Å²) in [6, 6.07) is 5.07. The minimum atomic E-state index is -0.215. The molecule has 0 saturated carbocycles. The highest BCUT2D eigenvalue weighted by atomic mass is 32.2. The van der Waals surface area contributed by atoms with Gasteiger partial charge in [0.25, 0.3) is 0 Å². The van der Waals surface area contributed by atoms with Crippen molar-refractivity contribution in [2.24, 2.45) is 0 Å². The molecule has 0 N–H and O–H groups in total. The summed E-state index contributed by atoms with van der Waals surface area (Å²) < 4.78 is 13.5. The van der Waals surface area contributed by atoms with E-state index in [1.54, 1.807) is 22.7 Å². The fraction of sp³-hybridized carbons (Fsp3) is 0.364. The highest BCUT2D eigenvalue weighted by Crippen LogP contribution is 2.28. The molecule has 1 aliphatic heterocycles. The highest BCUT2D eigenvalue weighted by molar-refractivity contribution is 7.99. The minimum Gasteiger partial charge on any atom is -0.338 e. The Hall–Kier alpha value is -1.03. The first-order valence-electron chi connectivity index (χ1n) is 4.84. The van der Waals surface area contributed by atoms with Crippen LogP contribution < -0.4 is 0 Å². The van der Waals surface area contributed by atoms with Crippen LogP contribution in [0.2, 0.25) is 0 Å². The van der Waals surface area contributed by atoms with E-state index in [9.17, 15) is 9.18 Å². The number of fused-ring (bicyclic) bond motifs is 1. The van der Waals surface area contributed by atoms with Crippen LogP contribution in [-0.2, 0) is 11.3 Å². The van der Waals surface area contributed by atoms with E-state index in [4.69, 9.17) is 0 Å². The number of carbonyl (C=O) groups is 1. The number of hydrogen-bond donors (Lipinski definition) is 0. The third-order valence-corrected chi connectivity index (χ3v) is 3.57.